The Bertz CT molecular complexity index is 929. The Labute approximate surface area is 170 Å². The van der Waals surface area contributed by atoms with Crippen LogP contribution in [-0.4, -0.2) is 31.3 Å². The summed E-state index contributed by atoms with van der Waals surface area (Å²) in [5, 5.41) is 8.87. The molecule has 0 heterocycles. The van der Waals surface area contributed by atoms with Crippen molar-refractivity contribution in [3.63, 3.8) is 0 Å². The van der Waals surface area contributed by atoms with E-state index < -0.39 is 17.5 Å². The van der Waals surface area contributed by atoms with Crippen molar-refractivity contribution in [2.45, 2.75) is 26.4 Å². The number of rotatable bonds is 6. The topological polar surface area (TPSA) is 85.6 Å². The number of benzene rings is 2. The molecule has 0 aromatic heterocycles. The maximum atomic E-state index is 12.6. The minimum Gasteiger partial charge on any atom is -0.489 e. The fraction of sp³-hybridized carbons (Fsp3) is 0.261. The lowest BCUT2D eigenvalue weighted by atomic mass is 10.1. The molecule has 0 aliphatic carbocycles. The second-order valence-corrected chi connectivity index (χ2v) is 7.21. The Balaban J connectivity index is 2.23. The van der Waals surface area contributed by atoms with E-state index in [1.165, 1.54) is 7.11 Å². The molecule has 29 heavy (non-hydrogen) atoms. The summed E-state index contributed by atoms with van der Waals surface area (Å²) in [4.78, 5) is 24.2. The van der Waals surface area contributed by atoms with E-state index in [0.29, 0.717) is 28.0 Å². The summed E-state index contributed by atoms with van der Waals surface area (Å²) in [5.74, 6) is -0.403. The summed E-state index contributed by atoms with van der Waals surface area (Å²) in [6.45, 7) is 5.35. The molecule has 0 saturated heterocycles. The molecule has 2 aromatic rings. The molecule has 150 valence electrons. The van der Waals surface area contributed by atoms with Crippen molar-refractivity contribution in [3.05, 3.63) is 70.8 Å². The maximum Gasteiger partial charge on any atom is 0.338 e. The molecule has 2 aromatic carbocycles. The van der Waals surface area contributed by atoms with E-state index in [9.17, 15) is 9.59 Å². The van der Waals surface area contributed by atoms with Crippen LogP contribution in [0.3, 0.4) is 0 Å². The molecule has 0 amide bonds. The lowest BCUT2D eigenvalue weighted by Gasteiger charge is -2.21. The fourth-order valence-corrected chi connectivity index (χ4v) is 2.32. The van der Waals surface area contributed by atoms with Crippen molar-refractivity contribution in [2.75, 3.05) is 13.7 Å². The van der Waals surface area contributed by atoms with Gasteiger partial charge in [0.2, 0.25) is 0 Å². The third-order valence-corrected chi connectivity index (χ3v) is 3.71. The van der Waals surface area contributed by atoms with Crippen LogP contribution in [0, 0.1) is 11.3 Å². The zero-order valence-electron chi connectivity index (χ0n) is 16.9. The molecule has 0 aliphatic rings. The Morgan fingerprint density at radius 2 is 1.66 bits per heavy atom. The molecule has 6 nitrogen and oxygen atoms in total. The quantitative estimate of drug-likeness (QED) is 0.541. The van der Waals surface area contributed by atoms with Crippen molar-refractivity contribution >= 4 is 18.0 Å². The number of nitriles is 1. The van der Waals surface area contributed by atoms with Gasteiger partial charge in [0.15, 0.2) is 0 Å². The highest BCUT2D eigenvalue weighted by molar-refractivity contribution is 5.94. The molecule has 0 bridgehead atoms. The number of hydrogen-bond donors (Lipinski definition) is 0. The maximum absolute atomic E-state index is 12.6. The monoisotopic (exact) mass is 393 g/mol. The molecule has 0 radical (unpaired) electrons. The molecule has 0 N–H and O–H groups in total. The number of esters is 2. The van der Waals surface area contributed by atoms with Gasteiger partial charge >= 0.3 is 11.9 Å². The van der Waals surface area contributed by atoms with E-state index in [0.717, 1.165) is 0 Å². The normalized spacial score (nSPS) is 11.3. The largest absolute Gasteiger partial charge is 0.489 e. The van der Waals surface area contributed by atoms with E-state index in [2.05, 4.69) is 4.74 Å². The van der Waals surface area contributed by atoms with Crippen LogP contribution in [-0.2, 0) is 14.3 Å². The van der Waals surface area contributed by atoms with Crippen LogP contribution in [0.5, 0.6) is 5.75 Å². The first-order valence-electron chi connectivity index (χ1n) is 8.97. The second-order valence-electron chi connectivity index (χ2n) is 7.21. The summed E-state index contributed by atoms with van der Waals surface area (Å²) in [7, 11) is 1.32. The minimum absolute atomic E-state index is 0.0143. The highest BCUT2D eigenvalue weighted by Crippen LogP contribution is 2.18. The van der Waals surface area contributed by atoms with Crippen LogP contribution in [0.2, 0.25) is 0 Å². The van der Waals surface area contributed by atoms with Crippen molar-refractivity contribution in [1.29, 1.82) is 5.26 Å². The van der Waals surface area contributed by atoms with Gasteiger partial charge in [0.25, 0.3) is 0 Å². The number of hydrogen-bond acceptors (Lipinski definition) is 6. The Kier molecular flexibility index (Phi) is 7.15. The average molecular weight is 393 g/mol. The third-order valence-electron chi connectivity index (χ3n) is 3.71. The Morgan fingerprint density at radius 1 is 1.03 bits per heavy atom. The second kappa shape index (κ2) is 9.56. The van der Waals surface area contributed by atoms with Gasteiger partial charge < -0.3 is 14.2 Å². The first kappa shape index (κ1) is 21.7. The van der Waals surface area contributed by atoms with Crippen LogP contribution in [0.15, 0.2) is 54.1 Å². The Hall–Kier alpha value is -3.59. The predicted molar refractivity (Wildman–Crippen MR) is 108 cm³/mol. The molecule has 0 saturated carbocycles. The van der Waals surface area contributed by atoms with Gasteiger partial charge in [-0.25, -0.2) is 9.59 Å². The lowest BCUT2D eigenvalue weighted by molar-refractivity contribution is -0.150. The van der Waals surface area contributed by atoms with Gasteiger partial charge in [-0.3, -0.25) is 0 Å². The van der Waals surface area contributed by atoms with Crippen molar-refractivity contribution in [2.24, 2.45) is 0 Å². The van der Waals surface area contributed by atoms with Crippen molar-refractivity contribution < 1.29 is 23.8 Å². The number of carbonyl (C=O) groups excluding carboxylic acids is 2. The minimum atomic E-state index is -0.653. The molecule has 0 aliphatic heterocycles. The number of carbonyl (C=O) groups is 2. The summed E-state index contributed by atoms with van der Waals surface area (Å²) in [5.41, 5.74) is 1.31. The molecule has 0 fully saturated rings. The summed E-state index contributed by atoms with van der Waals surface area (Å²) >= 11 is 0. The van der Waals surface area contributed by atoms with Crippen LogP contribution in [0.1, 0.15) is 42.3 Å². The van der Waals surface area contributed by atoms with Crippen molar-refractivity contribution in [1.82, 2.24) is 0 Å². The van der Waals surface area contributed by atoms with E-state index in [1.807, 2.05) is 6.07 Å². The van der Waals surface area contributed by atoms with Gasteiger partial charge in [-0.2, -0.15) is 5.26 Å². The fourth-order valence-electron chi connectivity index (χ4n) is 2.32. The first-order valence-corrected chi connectivity index (χ1v) is 8.97. The van der Waals surface area contributed by atoms with Gasteiger partial charge in [-0.1, -0.05) is 12.1 Å². The molecule has 0 spiro atoms. The highest BCUT2D eigenvalue weighted by atomic mass is 16.6. The third kappa shape index (κ3) is 6.82. The summed E-state index contributed by atoms with van der Waals surface area (Å²) in [6, 6.07) is 15.3. The van der Waals surface area contributed by atoms with Gasteiger partial charge in [0.05, 0.1) is 29.9 Å². The first-order chi connectivity index (χ1) is 13.7. The molecule has 0 atom stereocenters. The zero-order chi connectivity index (χ0) is 21.4. The average Bonchev–Trinajstić information content (AvgIpc) is 2.70. The predicted octanol–water partition coefficient (Wildman–Crippen LogP) is 4.15. The van der Waals surface area contributed by atoms with Gasteiger partial charge in [0.1, 0.15) is 18.0 Å². The van der Waals surface area contributed by atoms with E-state index in [-0.39, 0.29) is 6.61 Å². The zero-order valence-corrected chi connectivity index (χ0v) is 16.9. The molecule has 0 unspecified atom stereocenters. The lowest BCUT2D eigenvalue weighted by Crippen LogP contribution is -2.26. The van der Waals surface area contributed by atoms with E-state index in [4.69, 9.17) is 14.7 Å². The highest BCUT2D eigenvalue weighted by Gasteiger charge is 2.20. The van der Waals surface area contributed by atoms with Crippen LogP contribution in [0.25, 0.3) is 6.08 Å². The molecular weight excluding hydrogens is 370 g/mol. The van der Waals surface area contributed by atoms with Gasteiger partial charge in [0, 0.05) is 0 Å². The SMILES string of the molecule is COC(=O)c1ccc(/C=C(\COc2ccc(C#N)cc2)C(=O)OC(C)(C)C)cc1. The van der Waals surface area contributed by atoms with Crippen LogP contribution in [0.4, 0.5) is 0 Å². The number of ether oxygens (including phenoxy) is 3. The van der Waals surface area contributed by atoms with Crippen LogP contribution >= 0.6 is 0 Å². The number of nitrogens with zero attached hydrogens (tertiary/aromatic N) is 1. The van der Waals surface area contributed by atoms with Crippen molar-refractivity contribution in [3.8, 4) is 11.8 Å². The van der Waals surface area contributed by atoms with E-state index in [1.54, 1.807) is 75.4 Å². The van der Waals surface area contributed by atoms with Crippen LogP contribution < -0.4 is 4.74 Å². The standard InChI is InChI=1S/C23H23NO5/c1-23(2,3)29-22(26)19(15-28-20-11-7-17(14-24)8-12-20)13-16-5-9-18(10-6-16)21(25)27-4/h5-13H,15H2,1-4H3/b19-13+. The summed E-state index contributed by atoms with van der Waals surface area (Å²) in [6.07, 6.45) is 1.65. The molecular formula is C23H23NO5. The summed E-state index contributed by atoms with van der Waals surface area (Å²) < 4.78 is 15.9. The Morgan fingerprint density at radius 3 is 2.17 bits per heavy atom. The molecule has 6 heteroatoms. The van der Waals surface area contributed by atoms with Gasteiger partial charge in [-0.05, 0) is 68.8 Å². The van der Waals surface area contributed by atoms with Gasteiger partial charge in [-0.15, -0.1) is 0 Å². The number of methoxy groups -OCH3 is 1. The van der Waals surface area contributed by atoms with E-state index >= 15 is 0 Å². The smallest absolute Gasteiger partial charge is 0.338 e. The molecule has 2 rings (SSSR count).